The number of anilines is 2. The molecular formula is C27H33N3O3S. The van der Waals surface area contributed by atoms with Crippen molar-refractivity contribution in [2.75, 3.05) is 44.6 Å². The van der Waals surface area contributed by atoms with Gasteiger partial charge in [-0.1, -0.05) is 43.3 Å². The normalized spacial score (nSPS) is 11.6. The Balaban J connectivity index is 1.89. The Morgan fingerprint density at radius 1 is 1.06 bits per heavy atom. The number of amides is 2. The number of nitrogens with zero attached hydrogens (tertiary/aromatic N) is 2. The van der Waals surface area contributed by atoms with Crippen molar-refractivity contribution in [1.82, 2.24) is 4.90 Å². The van der Waals surface area contributed by atoms with Crippen molar-refractivity contribution in [1.29, 1.82) is 0 Å². The lowest BCUT2D eigenvalue weighted by Crippen LogP contribution is -2.37. The number of nitrogens with one attached hydrogen (secondary N) is 1. The zero-order valence-electron chi connectivity index (χ0n) is 20.3. The lowest BCUT2D eigenvalue weighted by atomic mass is 9.94. The molecule has 6 nitrogen and oxygen atoms in total. The fourth-order valence-corrected chi connectivity index (χ4v) is 4.58. The van der Waals surface area contributed by atoms with Crippen molar-refractivity contribution in [2.24, 2.45) is 0 Å². The fourth-order valence-electron chi connectivity index (χ4n) is 3.96. The molecule has 0 bridgehead atoms. The number of rotatable bonds is 11. The zero-order valence-corrected chi connectivity index (χ0v) is 21.1. The molecule has 3 aromatic rings. The molecule has 0 saturated heterocycles. The summed E-state index contributed by atoms with van der Waals surface area (Å²) in [5.74, 6) is -0.285. The maximum absolute atomic E-state index is 13.7. The van der Waals surface area contributed by atoms with Gasteiger partial charge >= 0.3 is 0 Å². The molecule has 34 heavy (non-hydrogen) atoms. The van der Waals surface area contributed by atoms with Gasteiger partial charge in [-0.3, -0.25) is 9.59 Å². The molecule has 1 N–H and O–H groups in total. The predicted octanol–water partition coefficient (Wildman–Crippen LogP) is 5.24. The van der Waals surface area contributed by atoms with Crippen molar-refractivity contribution in [3.05, 3.63) is 82.0 Å². The fraction of sp³-hybridized carbons (Fsp3) is 0.333. The molecule has 0 saturated carbocycles. The summed E-state index contributed by atoms with van der Waals surface area (Å²) in [5, 5.41) is 4.86. The van der Waals surface area contributed by atoms with Crippen LogP contribution in [0.4, 0.5) is 11.4 Å². The molecule has 0 aliphatic rings. The van der Waals surface area contributed by atoms with E-state index in [9.17, 15) is 9.59 Å². The number of carbonyl (C=O) groups excluding carboxylic acids is 2. The highest BCUT2D eigenvalue weighted by molar-refractivity contribution is 7.12. The van der Waals surface area contributed by atoms with Crippen LogP contribution in [-0.2, 0) is 16.1 Å². The van der Waals surface area contributed by atoms with Crippen molar-refractivity contribution in [2.45, 2.75) is 25.8 Å². The number of benzene rings is 2. The van der Waals surface area contributed by atoms with Crippen molar-refractivity contribution in [3.8, 4) is 0 Å². The minimum absolute atomic E-state index is 0.0727. The number of thiophene rings is 1. The van der Waals surface area contributed by atoms with E-state index in [0.717, 1.165) is 16.8 Å². The largest absolute Gasteiger partial charge is 0.383 e. The van der Waals surface area contributed by atoms with Gasteiger partial charge in [0.15, 0.2) is 0 Å². The van der Waals surface area contributed by atoms with Gasteiger partial charge in [-0.05, 0) is 47.2 Å². The topological polar surface area (TPSA) is 61.9 Å². The van der Waals surface area contributed by atoms with Gasteiger partial charge in [0.05, 0.1) is 17.4 Å². The summed E-state index contributed by atoms with van der Waals surface area (Å²) in [6.07, 6.45) is 0.712. The average molecular weight is 480 g/mol. The van der Waals surface area contributed by atoms with E-state index in [1.54, 1.807) is 13.2 Å². The van der Waals surface area contributed by atoms with Gasteiger partial charge in [0.25, 0.3) is 5.91 Å². The van der Waals surface area contributed by atoms with Crippen LogP contribution in [0.25, 0.3) is 0 Å². The summed E-state index contributed by atoms with van der Waals surface area (Å²) in [6.45, 7) is 3.39. The molecule has 3 rings (SSSR count). The monoisotopic (exact) mass is 479 g/mol. The van der Waals surface area contributed by atoms with Gasteiger partial charge in [0.1, 0.15) is 0 Å². The second-order valence-electron chi connectivity index (χ2n) is 8.29. The van der Waals surface area contributed by atoms with Crippen LogP contribution in [0, 0.1) is 0 Å². The lowest BCUT2D eigenvalue weighted by molar-refractivity contribution is -0.134. The van der Waals surface area contributed by atoms with E-state index in [2.05, 4.69) is 5.32 Å². The molecule has 1 aromatic heterocycles. The van der Waals surface area contributed by atoms with Gasteiger partial charge in [-0.15, -0.1) is 11.3 Å². The van der Waals surface area contributed by atoms with Crippen LogP contribution in [-0.4, -0.2) is 51.1 Å². The Morgan fingerprint density at radius 3 is 2.44 bits per heavy atom. The van der Waals surface area contributed by atoms with Gasteiger partial charge in [-0.25, -0.2) is 0 Å². The van der Waals surface area contributed by atoms with Gasteiger partial charge in [0.2, 0.25) is 5.91 Å². The molecule has 180 valence electrons. The van der Waals surface area contributed by atoms with Crippen LogP contribution in [0.5, 0.6) is 0 Å². The number of hydrogen-bond acceptors (Lipinski definition) is 5. The summed E-state index contributed by atoms with van der Waals surface area (Å²) in [7, 11) is 5.59. The molecule has 0 aliphatic carbocycles. The Bertz CT molecular complexity index is 1070. The first-order valence-corrected chi connectivity index (χ1v) is 12.3. The van der Waals surface area contributed by atoms with Gasteiger partial charge in [-0.2, -0.15) is 0 Å². The van der Waals surface area contributed by atoms with Gasteiger partial charge in [0, 0.05) is 45.7 Å². The Morgan fingerprint density at radius 2 is 1.82 bits per heavy atom. The number of methoxy groups -OCH3 is 1. The standard InChI is InChI=1S/C27H33N3O3S/c1-5-23(20-10-7-6-8-11-20)27(32)30(15-16-33-4)19-21-18-22(13-14-24(21)29(2)3)28-26(31)25-12-9-17-34-25/h6-14,17-18,23H,5,15-16,19H2,1-4H3,(H,28,31). The third-order valence-electron chi connectivity index (χ3n) is 5.71. The summed E-state index contributed by atoms with van der Waals surface area (Å²) in [4.78, 5) is 30.8. The molecule has 1 unspecified atom stereocenters. The highest BCUT2D eigenvalue weighted by Crippen LogP contribution is 2.28. The van der Waals surface area contributed by atoms with E-state index in [-0.39, 0.29) is 17.7 Å². The minimum Gasteiger partial charge on any atom is -0.383 e. The molecule has 2 aromatic carbocycles. The first kappa shape index (κ1) is 25.5. The first-order valence-electron chi connectivity index (χ1n) is 11.4. The molecule has 0 fully saturated rings. The first-order chi connectivity index (χ1) is 16.4. The molecule has 0 aliphatic heterocycles. The molecule has 0 spiro atoms. The summed E-state index contributed by atoms with van der Waals surface area (Å²) < 4.78 is 5.31. The number of hydrogen-bond donors (Lipinski definition) is 1. The molecule has 7 heteroatoms. The summed E-state index contributed by atoms with van der Waals surface area (Å²) in [6, 6.07) is 19.4. The van der Waals surface area contributed by atoms with Crippen molar-refractivity contribution in [3.63, 3.8) is 0 Å². The van der Waals surface area contributed by atoms with Crippen LogP contribution >= 0.6 is 11.3 Å². The minimum atomic E-state index is -0.220. The summed E-state index contributed by atoms with van der Waals surface area (Å²) >= 11 is 1.40. The second-order valence-corrected chi connectivity index (χ2v) is 9.24. The summed E-state index contributed by atoms with van der Waals surface area (Å²) in [5.41, 5.74) is 3.67. The highest BCUT2D eigenvalue weighted by Gasteiger charge is 2.25. The molecule has 2 amide bonds. The second kappa shape index (κ2) is 12.3. The maximum Gasteiger partial charge on any atom is 0.265 e. The zero-order chi connectivity index (χ0) is 24.5. The van der Waals surface area contributed by atoms with E-state index >= 15 is 0 Å². The Labute approximate surface area is 206 Å². The van der Waals surface area contributed by atoms with Crippen LogP contribution < -0.4 is 10.2 Å². The SMILES string of the molecule is CCC(C(=O)N(CCOC)Cc1cc(NC(=O)c2cccs2)ccc1N(C)C)c1ccccc1. The Hall–Kier alpha value is -3.16. The van der Waals surface area contributed by atoms with E-state index < -0.39 is 0 Å². The number of carbonyl (C=O) groups is 2. The van der Waals surface area contributed by atoms with E-state index in [0.29, 0.717) is 36.7 Å². The molecule has 0 radical (unpaired) electrons. The predicted molar refractivity (Wildman–Crippen MR) is 140 cm³/mol. The molecule has 1 heterocycles. The van der Waals surface area contributed by atoms with Crippen molar-refractivity contribution >= 4 is 34.5 Å². The van der Waals surface area contributed by atoms with Crippen LogP contribution in [0.3, 0.4) is 0 Å². The smallest absolute Gasteiger partial charge is 0.265 e. The van der Waals surface area contributed by atoms with Gasteiger partial charge < -0.3 is 19.9 Å². The highest BCUT2D eigenvalue weighted by atomic mass is 32.1. The average Bonchev–Trinajstić information content (AvgIpc) is 3.38. The number of ether oxygens (including phenoxy) is 1. The van der Waals surface area contributed by atoms with Crippen molar-refractivity contribution < 1.29 is 14.3 Å². The van der Waals surface area contributed by atoms with Crippen LogP contribution in [0.15, 0.2) is 66.0 Å². The lowest BCUT2D eigenvalue weighted by Gasteiger charge is -2.29. The van der Waals surface area contributed by atoms with Crippen LogP contribution in [0.1, 0.15) is 40.1 Å². The van der Waals surface area contributed by atoms with E-state index in [4.69, 9.17) is 4.74 Å². The van der Waals surface area contributed by atoms with Crippen LogP contribution in [0.2, 0.25) is 0 Å². The molecule has 1 atom stereocenters. The quantitative estimate of drug-likeness (QED) is 0.409. The third-order valence-corrected chi connectivity index (χ3v) is 6.58. The van der Waals surface area contributed by atoms with E-state index in [1.807, 2.05) is 90.8 Å². The third kappa shape index (κ3) is 6.46. The maximum atomic E-state index is 13.7. The van der Waals surface area contributed by atoms with E-state index in [1.165, 1.54) is 11.3 Å². The molecular weight excluding hydrogens is 446 g/mol. The Kier molecular flexibility index (Phi) is 9.24.